The molecule has 3 N–H and O–H groups in total. The molecule has 0 spiro atoms. The number of carbonyl (C=O) groups is 5. The van der Waals surface area contributed by atoms with Gasteiger partial charge in [0.2, 0.25) is 0 Å². The number of ketones is 2. The summed E-state index contributed by atoms with van der Waals surface area (Å²) in [7, 11) is 5.40. The van der Waals surface area contributed by atoms with Crippen molar-refractivity contribution in [3.05, 3.63) is 102 Å². The number of amides is 3. The molecule has 0 unspecified atom stereocenters. The van der Waals surface area contributed by atoms with Gasteiger partial charge in [0.15, 0.2) is 11.6 Å². The fourth-order valence-corrected chi connectivity index (χ4v) is 5.53. The number of hydrogen-bond acceptors (Lipinski definition) is 7. The van der Waals surface area contributed by atoms with E-state index in [1.165, 1.54) is 6.92 Å². The van der Waals surface area contributed by atoms with Gasteiger partial charge in [-0.2, -0.15) is 0 Å². The van der Waals surface area contributed by atoms with Crippen molar-refractivity contribution < 1.29 is 33.4 Å². The summed E-state index contributed by atoms with van der Waals surface area (Å²) >= 11 is 0. The van der Waals surface area contributed by atoms with Gasteiger partial charge >= 0.3 is 12.2 Å². The zero-order chi connectivity index (χ0) is 40.8. The molecule has 0 bridgehead atoms. The molecular formula is C42H50N6O7. The molecule has 0 fully saturated rings. The van der Waals surface area contributed by atoms with E-state index in [-0.39, 0.29) is 17.5 Å². The van der Waals surface area contributed by atoms with E-state index in [2.05, 4.69) is 16.0 Å². The van der Waals surface area contributed by atoms with E-state index in [1.54, 1.807) is 80.4 Å². The highest BCUT2D eigenvalue weighted by atomic mass is 16.6. The highest BCUT2D eigenvalue weighted by molar-refractivity contribution is 6.04. The van der Waals surface area contributed by atoms with Crippen LogP contribution in [-0.4, -0.2) is 54.6 Å². The van der Waals surface area contributed by atoms with Crippen molar-refractivity contribution in [3.8, 4) is 22.3 Å². The maximum Gasteiger partial charge on any atom is 0.412 e. The number of anilines is 3. The molecule has 3 heterocycles. The minimum atomic E-state index is -0.612. The third-order valence-electron chi connectivity index (χ3n) is 7.95. The number of carbonyl (C=O) groups excluding carboxylic acids is 5. The van der Waals surface area contributed by atoms with Crippen LogP contribution in [0.3, 0.4) is 0 Å². The molecule has 0 radical (unpaired) electrons. The molecular weight excluding hydrogens is 700 g/mol. The van der Waals surface area contributed by atoms with Gasteiger partial charge in [0, 0.05) is 76.1 Å². The van der Waals surface area contributed by atoms with Gasteiger partial charge in [0.1, 0.15) is 16.9 Å². The van der Waals surface area contributed by atoms with Gasteiger partial charge in [-0.25, -0.2) is 9.59 Å². The van der Waals surface area contributed by atoms with Gasteiger partial charge in [-0.1, -0.05) is 24.3 Å². The summed E-state index contributed by atoms with van der Waals surface area (Å²) in [6, 6.07) is 20.1. The molecule has 290 valence electrons. The van der Waals surface area contributed by atoms with Crippen molar-refractivity contribution in [2.24, 2.45) is 21.1 Å². The number of aromatic nitrogens is 3. The van der Waals surface area contributed by atoms with Crippen LogP contribution in [0, 0.1) is 0 Å². The van der Waals surface area contributed by atoms with E-state index in [4.69, 9.17) is 9.47 Å². The van der Waals surface area contributed by atoms with Crippen molar-refractivity contribution in [2.75, 3.05) is 16.0 Å². The second kappa shape index (κ2) is 16.8. The Bertz CT molecular complexity index is 2190. The van der Waals surface area contributed by atoms with Crippen LogP contribution < -0.4 is 16.0 Å². The van der Waals surface area contributed by atoms with Crippen LogP contribution >= 0.6 is 0 Å². The molecule has 3 amide bonds. The molecule has 0 saturated heterocycles. The van der Waals surface area contributed by atoms with Gasteiger partial charge in [-0.15, -0.1) is 0 Å². The van der Waals surface area contributed by atoms with E-state index in [1.807, 2.05) is 88.2 Å². The molecule has 2 aromatic carbocycles. The molecule has 0 atom stereocenters. The Morgan fingerprint density at radius 3 is 1.20 bits per heavy atom. The minimum absolute atomic E-state index is 0.00530. The monoisotopic (exact) mass is 750 g/mol. The molecule has 3 aromatic heterocycles. The summed E-state index contributed by atoms with van der Waals surface area (Å²) in [6.07, 6.45) is 4.38. The Labute approximate surface area is 321 Å². The van der Waals surface area contributed by atoms with Crippen LogP contribution in [0.15, 0.2) is 85.3 Å². The van der Waals surface area contributed by atoms with Crippen LogP contribution in [0.1, 0.15) is 86.9 Å². The van der Waals surface area contributed by atoms with Gasteiger partial charge in [0.05, 0.1) is 17.1 Å². The first-order chi connectivity index (χ1) is 25.6. The number of Topliss-reactive ketones (excluding diaryl/α,β-unsaturated/α-hetero) is 2. The Kier molecular flexibility index (Phi) is 12.6. The number of ether oxygens (including phenoxy) is 2. The molecule has 0 aliphatic heterocycles. The maximum absolute atomic E-state index is 12.7. The number of rotatable bonds is 8. The summed E-state index contributed by atoms with van der Waals surface area (Å²) in [6.45, 7) is 13.9. The topological polar surface area (TPSA) is 155 Å². The number of aryl methyl sites for hydroxylation is 3. The van der Waals surface area contributed by atoms with Gasteiger partial charge in [0.25, 0.3) is 5.91 Å². The van der Waals surface area contributed by atoms with E-state index in [0.29, 0.717) is 34.1 Å². The van der Waals surface area contributed by atoms with Gasteiger partial charge < -0.3 is 28.5 Å². The predicted molar refractivity (Wildman–Crippen MR) is 215 cm³/mol. The van der Waals surface area contributed by atoms with Gasteiger partial charge in [-0.05, 0) is 95.1 Å². The number of nitrogens with zero attached hydrogens (tertiary/aromatic N) is 3. The normalized spacial score (nSPS) is 11.2. The lowest BCUT2D eigenvalue weighted by Crippen LogP contribution is -2.27. The number of benzene rings is 2. The standard InChI is InChI=1S/C24H28N4O4.C18H22N2O3/c1-15(29)20-11-17(13-27(20)5)16-7-9-18(10-8-16)25-22(30)21-12-19(14-28(21)6)26-23(31)32-24(2,3)4;1-12(21)16-10-14(11-20(16)5)13-6-8-15(9-7-13)19-17(22)23-18(2,3)4/h7-14H,1-6H3,(H,25,30)(H,26,31);6-11H,1-5H3,(H,19,22). The molecule has 0 aliphatic carbocycles. The number of nitrogens with one attached hydrogen (secondary N) is 3. The highest BCUT2D eigenvalue weighted by Crippen LogP contribution is 2.26. The van der Waals surface area contributed by atoms with Crippen molar-refractivity contribution in [3.63, 3.8) is 0 Å². The third kappa shape index (κ3) is 11.8. The van der Waals surface area contributed by atoms with E-state index >= 15 is 0 Å². The fourth-order valence-electron chi connectivity index (χ4n) is 5.53. The van der Waals surface area contributed by atoms with E-state index in [0.717, 1.165) is 22.3 Å². The van der Waals surface area contributed by atoms with E-state index < -0.39 is 23.4 Å². The second-order valence-electron chi connectivity index (χ2n) is 15.1. The van der Waals surface area contributed by atoms with Crippen LogP contribution in [0.2, 0.25) is 0 Å². The molecule has 0 saturated carbocycles. The molecule has 13 nitrogen and oxygen atoms in total. The SMILES string of the molecule is CC(=O)c1cc(-c2ccc(NC(=O)OC(C)(C)C)cc2)cn1C.CC(=O)c1cc(-c2ccc(NC(=O)c3cc(NC(=O)OC(C)(C)C)cn3C)cc2)cn1C. The lowest BCUT2D eigenvalue weighted by atomic mass is 10.1. The fraction of sp³-hybridized carbons (Fsp3) is 0.310. The minimum Gasteiger partial charge on any atom is -0.444 e. The summed E-state index contributed by atoms with van der Waals surface area (Å²) in [4.78, 5) is 59.6. The molecule has 0 aliphatic rings. The van der Waals surface area contributed by atoms with Crippen LogP contribution in [0.25, 0.3) is 22.3 Å². The first-order valence-electron chi connectivity index (χ1n) is 17.6. The smallest absolute Gasteiger partial charge is 0.412 e. The quantitative estimate of drug-likeness (QED) is 0.134. The Morgan fingerprint density at radius 2 is 0.836 bits per heavy atom. The van der Waals surface area contributed by atoms with Gasteiger partial charge in [-0.3, -0.25) is 25.0 Å². The predicted octanol–water partition coefficient (Wildman–Crippen LogP) is 9.07. The van der Waals surface area contributed by atoms with Crippen molar-refractivity contribution in [1.29, 1.82) is 0 Å². The first-order valence-corrected chi connectivity index (χ1v) is 17.6. The summed E-state index contributed by atoms with van der Waals surface area (Å²) in [5.74, 6) is -0.274. The van der Waals surface area contributed by atoms with E-state index in [9.17, 15) is 24.0 Å². The maximum atomic E-state index is 12.7. The molecule has 5 rings (SSSR count). The zero-order valence-electron chi connectivity index (χ0n) is 33.3. The Morgan fingerprint density at radius 1 is 0.473 bits per heavy atom. The third-order valence-corrected chi connectivity index (χ3v) is 7.95. The Hall–Kier alpha value is -6.37. The summed E-state index contributed by atoms with van der Waals surface area (Å²) in [5, 5.41) is 8.18. The van der Waals surface area contributed by atoms with Crippen molar-refractivity contribution >= 4 is 46.7 Å². The highest BCUT2D eigenvalue weighted by Gasteiger charge is 2.19. The average molecular weight is 751 g/mol. The van der Waals surface area contributed by atoms with Crippen LogP contribution in [0.5, 0.6) is 0 Å². The average Bonchev–Trinajstić information content (AvgIpc) is 3.76. The summed E-state index contributed by atoms with van der Waals surface area (Å²) in [5.41, 5.74) is 6.09. The lowest BCUT2D eigenvalue weighted by Gasteiger charge is -2.19. The molecule has 5 aromatic rings. The largest absolute Gasteiger partial charge is 0.444 e. The lowest BCUT2D eigenvalue weighted by molar-refractivity contribution is 0.0624. The Balaban J connectivity index is 0.000000258. The van der Waals surface area contributed by atoms with Crippen molar-refractivity contribution in [1.82, 2.24) is 13.7 Å². The van der Waals surface area contributed by atoms with Crippen LogP contribution in [0.4, 0.5) is 26.7 Å². The van der Waals surface area contributed by atoms with Crippen LogP contribution in [-0.2, 0) is 30.6 Å². The summed E-state index contributed by atoms with van der Waals surface area (Å²) < 4.78 is 15.7. The first kappa shape index (κ1) is 41.4. The van der Waals surface area contributed by atoms with Crippen molar-refractivity contribution in [2.45, 2.75) is 66.6 Å². The number of hydrogen-bond donors (Lipinski definition) is 3. The second-order valence-corrected chi connectivity index (χ2v) is 15.1. The zero-order valence-corrected chi connectivity index (χ0v) is 33.3. The molecule has 55 heavy (non-hydrogen) atoms. The molecule has 13 heteroatoms.